The van der Waals surface area contributed by atoms with Gasteiger partial charge in [0.25, 0.3) is 0 Å². The van der Waals surface area contributed by atoms with Crippen molar-refractivity contribution >= 4 is 28.6 Å². The van der Waals surface area contributed by atoms with Gasteiger partial charge in [-0.15, -0.1) is 11.3 Å². The van der Waals surface area contributed by atoms with Gasteiger partial charge in [-0.2, -0.15) is 0 Å². The Bertz CT molecular complexity index is 538. The van der Waals surface area contributed by atoms with Gasteiger partial charge in [0.1, 0.15) is 5.75 Å². The summed E-state index contributed by atoms with van der Waals surface area (Å²) in [6.45, 7) is 0. The molecule has 0 aliphatic rings. The molecule has 0 aliphatic heterocycles. The van der Waals surface area contributed by atoms with E-state index in [4.69, 9.17) is 10.5 Å². The molecular weight excluding hydrogens is 248 g/mol. The molecule has 0 atom stereocenters. The molecule has 94 valence electrons. The van der Waals surface area contributed by atoms with Crippen molar-refractivity contribution in [3.63, 3.8) is 0 Å². The summed E-state index contributed by atoms with van der Waals surface area (Å²) >= 11 is 1.56. The molecule has 0 fully saturated rings. The third-order valence-electron chi connectivity index (χ3n) is 2.45. The minimum Gasteiger partial charge on any atom is -0.497 e. The Hall–Kier alpha value is -2.01. The fourth-order valence-corrected chi connectivity index (χ4v) is 2.25. The topological polar surface area (TPSA) is 64.3 Å². The molecule has 1 aromatic carbocycles. The second kappa shape index (κ2) is 5.55. The summed E-state index contributed by atoms with van der Waals surface area (Å²) in [6.07, 6.45) is 0.364. The Morgan fingerprint density at radius 3 is 2.89 bits per heavy atom. The van der Waals surface area contributed by atoms with Gasteiger partial charge in [0.2, 0.25) is 5.91 Å². The summed E-state index contributed by atoms with van der Waals surface area (Å²) in [5.41, 5.74) is 6.93. The number of hydrogen-bond acceptors (Lipinski definition) is 4. The van der Waals surface area contributed by atoms with Gasteiger partial charge in [-0.1, -0.05) is 6.07 Å². The van der Waals surface area contributed by atoms with Gasteiger partial charge < -0.3 is 15.8 Å². The van der Waals surface area contributed by atoms with Crippen molar-refractivity contribution in [1.82, 2.24) is 0 Å². The van der Waals surface area contributed by atoms with Gasteiger partial charge in [-0.25, -0.2) is 0 Å². The average molecular weight is 262 g/mol. The van der Waals surface area contributed by atoms with Crippen LogP contribution in [0.1, 0.15) is 4.88 Å². The van der Waals surface area contributed by atoms with E-state index < -0.39 is 0 Å². The zero-order valence-corrected chi connectivity index (χ0v) is 10.8. The number of nitrogen functional groups attached to an aromatic ring is 1. The van der Waals surface area contributed by atoms with Crippen molar-refractivity contribution in [1.29, 1.82) is 0 Å². The minimum absolute atomic E-state index is 0.0747. The smallest absolute Gasteiger partial charge is 0.229 e. The first-order valence-corrected chi connectivity index (χ1v) is 6.33. The van der Waals surface area contributed by atoms with Crippen molar-refractivity contribution in [2.45, 2.75) is 6.42 Å². The number of amides is 1. The molecule has 1 heterocycles. The SMILES string of the molecule is COc1ccc(NC(=O)Cc2cccs2)c(N)c1. The maximum Gasteiger partial charge on any atom is 0.229 e. The lowest BCUT2D eigenvalue weighted by Gasteiger charge is -2.09. The van der Waals surface area contributed by atoms with Crippen LogP contribution in [0, 0.1) is 0 Å². The van der Waals surface area contributed by atoms with E-state index in [9.17, 15) is 4.79 Å². The largest absolute Gasteiger partial charge is 0.497 e. The molecule has 18 heavy (non-hydrogen) atoms. The number of carbonyl (C=O) groups is 1. The zero-order chi connectivity index (χ0) is 13.0. The van der Waals surface area contributed by atoms with E-state index in [1.165, 1.54) is 0 Å². The number of benzene rings is 1. The molecule has 3 N–H and O–H groups in total. The van der Waals surface area contributed by atoms with Crippen molar-refractivity contribution in [2.75, 3.05) is 18.2 Å². The van der Waals surface area contributed by atoms with Gasteiger partial charge in [-0.3, -0.25) is 4.79 Å². The van der Waals surface area contributed by atoms with Gasteiger partial charge >= 0.3 is 0 Å². The Morgan fingerprint density at radius 2 is 2.28 bits per heavy atom. The molecule has 2 aromatic rings. The van der Waals surface area contributed by atoms with Crippen LogP contribution in [0.4, 0.5) is 11.4 Å². The van der Waals surface area contributed by atoms with E-state index in [1.807, 2.05) is 17.5 Å². The first kappa shape index (κ1) is 12.4. The van der Waals surface area contributed by atoms with Crippen LogP contribution in [0.3, 0.4) is 0 Å². The second-order valence-corrected chi connectivity index (χ2v) is 4.79. The number of anilines is 2. The summed E-state index contributed by atoms with van der Waals surface area (Å²) in [4.78, 5) is 12.8. The van der Waals surface area contributed by atoms with Crippen LogP contribution in [0.2, 0.25) is 0 Å². The molecule has 0 aliphatic carbocycles. The second-order valence-electron chi connectivity index (χ2n) is 3.76. The lowest BCUT2D eigenvalue weighted by atomic mass is 10.2. The Balaban J connectivity index is 2.03. The van der Waals surface area contributed by atoms with Crippen LogP contribution in [0.15, 0.2) is 35.7 Å². The average Bonchev–Trinajstić information content (AvgIpc) is 2.84. The van der Waals surface area contributed by atoms with E-state index in [0.717, 1.165) is 4.88 Å². The predicted octanol–water partition coefficient (Wildman–Crippen LogP) is 2.52. The third-order valence-corrected chi connectivity index (χ3v) is 3.32. The molecule has 0 saturated heterocycles. The lowest BCUT2D eigenvalue weighted by Crippen LogP contribution is -2.14. The van der Waals surface area contributed by atoms with Crippen LogP contribution in [-0.2, 0) is 11.2 Å². The minimum atomic E-state index is -0.0747. The fraction of sp³-hybridized carbons (Fsp3) is 0.154. The molecular formula is C13H14N2O2S. The van der Waals surface area contributed by atoms with Gasteiger partial charge in [0, 0.05) is 10.9 Å². The van der Waals surface area contributed by atoms with Crippen molar-refractivity contribution in [3.8, 4) is 5.75 Å². The van der Waals surface area contributed by atoms with E-state index >= 15 is 0 Å². The Labute approximate surface area is 109 Å². The number of nitrogens with one attached hydrogen (secondary N) is 1. The lowest BCUT2D eigenvalue weighted by molar-refractivity contribution is -0.115. The van der Waals surface area contributed by atoms with E-state index in [1.54, 1.807) is 36.6 Å². The molecule has 0 spiro atoms. The molecule has 2 rings (SSSR count). The highest BCUT2D eigenvalue weighted by molar-refractivity contribution is 7.10. The summed E-state index contributed by atoms with van der Waals surface area (Å²) in [5.74, 6) is 0.595. The number of carbonyl (C=O) groups excluding carboxylic acids is 1. The molecule has 1 amide bonds. The zero-order valence-electron chi connectivity index (χ0n) is 9.97. The van der Waals surface area contributed by atoms with E-state index in [2.05, 4.69) is 5.32 Å². The normalized spacial score (nSPS) is 10.1. The van der Waals surface area contributed by atoms with Gasteiger partial charge in [-0.05, 0) is 23.6 Å². The summed E-state index contributed by atoms with van der Waals surface area (Å²) in [6, 6.07) is 9.04. The van der Waals surface area contributed by atoms with Crippen LogP contribution in [-0.4, -0.2) is 13.0 Å². The fourth-order valence-electron chi connectivity index (χ4n) is 1.55. The molecule has 0 saturated carbocycles. The number of methoxy groups -OCH3 is 1. The monoisotopic (exact) mass is 262 g/mol. The summed E-state index contributed by atoms with van der Waals surface area (Å²) < 4.78 is 5.05. The van der Waals surface area contributed by atoms with Gasteiger partial charge in [0.05, 0.1) is 24.9 Å². The van der Waals surface area contributed by atoms with E-state index in [0.29, 0.717) is 23.5 Å². The Kier molecular flexibility index (Phi) is 3.84. The maximum absolute atomic E-state index is 11.8. The number of thiophene rings is 1. The Morgan fingerprint density at radius 1 is 1.44 bits per heavy atom. The summed E-state index contributed by atoms with van der Waals surface area (Å²) in [5, 5.41) is 4.74. The van der Waals surface area contributed by atoms with Crippen LogP contribution >= 0.6 is 11.3 Å². The van der Waals surface area contributed by atoms with Crippen molar-refractivity contribution < 1.29 is 9.53 Å². The van der Waals surface area contributed by atoms with Crippen molar-refractivity contribution in [2.24, 2.45) is 0 Å². The molecule has 4 nitrogen and oxygen atoms in total. The quantitative estimate of drug-likeness (QED) is 0.832. The predicted molar refractivity (Wildman–Crippen MR) is 74.1 cm³/mol. The maximum atomic E-state index is 11.8. The molecule has 0 bridgehead atoms. The summed E-state index contributed by atoms with van der Waals surface area (Å²) in [7, 11) is 1.57. The van der Waals surface area contributed by atoms with Crippen LogP contribution in [0.25, 0.3) is 0 Å². The van der Waals surface area contributed by atoms with E-state index in [-0.39, 0.29) is 5.91 Å². The number of rotatable bonds is 4. The number of nitrogens with two attached hydrogens (primary N) is 1. The molecule has 0 unspecified atom stereocenters. The standard InChI is InChI=1S/C13H14N2O2S/c1-17-9-4-5-12(11(14)7-9)15-13(16)8-10-3-2-6-18-10/h2-7H,8,14H2,1H3,(H,15,16). The molecule has 1 aromatic heterocycles. The highest BCUT2D eigenvalue weighted by atomic mass is 32.1. The highest BCUT2D eigenvalue weighted by Gasteiger charge is 2.07. The number of ether oxygens (including phenoxy) is 1. The van der Waals surface area contributed by atoms with Crippen molar-refractivity contribution in [3.05, 3.63) is 40.6 Å². The number of hydrogen-bond donors (Lipinski definition) is 2. The first-order valence-electron chi connectivity index (χ1n) is 5.45. The first-order chi connectivity index (χ1) is 8.69. The van der Waals surface area contributed by atoms with Crippen LogP contribution < -0.4 is 15.8 Å². The highest BCUT2D eigenvalue weighted by Crippen LogP contribution is 2.24. The van der Waals surface area contributed by atoms with Gasteiger partial charge in [0.15, 0.2) is 0 Å². The third kappa shape index (κ3) is 3.01. The molecule has 5 heteroatoms. The van der Waals surface area contributed by atoms with Crippen LogP contribution in [0.5, 0.6) is 5.75 Å². The molecule has 0 radical (unpaired) electrons.